The molecular formula is C33H42N6O9S. The lowest BCUT2D eigenvalue weighted by atomic mass is 10.00. The number of carbonyl (C=O) groups is 5. The third-order valence-corrected chi connectivity index (χ3v) is 7.57. The second-order valence-corrected chi connectivity index (χ2v) is 13.2. The lowest BCUT2D eigenvalue weighted by molar-refractivity contribution is -0.134. The van der Waals surface area contributed by atoms with Crippen molar-refractivity contribution in [2.24, 2.45) is 4.99 Å². The number of aliphatic imine (C=N–C) groups is 1. The van der Waals surface area contributed by atoms with Gasteiger partial charge in [-0.3, -0.25) is 4.79 Å². The average Bonchev–Trinajstić information content (AvgIpc) is 3.44. The minimum Gasteiger partial charge on any atom is -0.446 e. The predicted octanol–water partition coefficient (Wildman–Crippen LogP) is 6.22. The molecular weight excluding hydrogens is 656 g/mol. The van der Waals surface area contributed by atoms with Crippen LogP contribution in [0.4, 0.5) is 24.9 Å². The number of hydrogen-bond acceptors (Lipinski definition) is 11. The van der Waals surface area contributed by atoms with Crippen LogP contribution >= 0.6 is 11.9 Å². The number of nitrogens with one attached hydrogen (secondary N) is 1. The second kappa shape index (κ2) is 15.1. The number of nitrogens with zero attached hydrogens (tertiary/aromatic N) is 5. The summed E-state index contributed by atoms with van der Waals surface area (Å²) in [6.45, 7) is 14.8. The largest absolute Gasteiger partial charge is 0.446 e. The Balaban J connectivity index is 1.95. The van der Waals surface area contributed by atoms with E-state index in [-0.39, 0.29) is 12.1 Å². The number of hydrazine groups is 2. The van der Waals surface area contributed by atoms with Gasteiger partial charge in [-0.2, -0.15) is 10.0 Å². The van der Waals surface area contributed by atoms with Gasteiger partial charge in [-0.1, -0.05) is 42.5 Å². The molecule has 2 aliphatic heterocycles. The Morgan fingerprint density at radius 2 is 1.43 bits per heavy atom. The number of anilines is 1. The average molecular weight is 699 g/mol. The Bertz CT molecular complexity index is 1620. The van der Waals surface area contributed by atoms with E-state index in [1.165, 1.54) is 4.90 Å². The van der Waals surface area contributed by atoms with Gasteiger partial charge in [-0.05, 0) is 79.5 Å². The van der Waals surface area contributed by atoms with E-state index in [0.29, 0.717) is 22.0 Å². The van der Waals surface area contributed by atoms with Gasteiger partial charge in [0.15, 0.2) is 0 Å². The Hall–Kier alpha value is -4.99. The van der Waals surface area contributed by atoms with E-state index in [1.807, 2.05) is 37.3 Å². The van der Waals surface area contributed by atoms with E-state index in [1.54, 1.807) is 73.6 Å². The molecule has 2 aliphatic rings. The molecule has 1 unspecified atom stereocenters. The zero-order valence-corrected chi connectivity index (χ0v) is 29.8. The van der Waals surface area contributed by atoms with Crippen molar-refractivity contribution >= 4 is 53.1 Å². The molecule has 0 saturated carbocycles. The quantitative estimate of drug-likeness (QED) is 0.209. The van der Waals surface area contributed by atoms with E-state index in [9.17, 15) is 24.0 Å². The van der Waals surface area contributed by atoms with E-state index >= 15 is 0 Å². The summed E-state index contributed by atoms with van der Waals surface area (Å²) in [5.41, 5.74) is 2.38. The molecule has 5 amide bonds. The number of carbonyl (C=O) groups excluding carboxylic acids is 5. The summed E-state index contributed by atoms with van der Waals surface area (Å²) in [6.07, 6.45) is -6.80. The number of amides is 5. The number of ether oxygens (including phenoxy) is 4. The molecule has 0 fully saturated rings. The molecule has 0 aliphatic carbocycles. The third-order valence-electron chi connectivity index (χ3n) is 6.72. The van der Waals surface area contributed by atoms with Crippen LogP contribution in [0.3, 0.4) is 0 Å². The van der Waals surface area contributed by atoms with E-state index in [2.05, 4.69) is 5.43 Å². The van der Waals surface area contributed by atoms with Crippen LogP contribution in [0.25, 0.3) is 0 Å². The van der Waals surface area contributed by atoms with Crippen LogP contribution in [0.2, 0.25) is 0 Å². The lowest BCUT2D eigenvalue weighted by Crippen LogP contribution is -2.59. The van der Waals surface area contributed by atoms with Crippen molar-refractivity contribution in [1.29, 1.82) is 0 Å². The van der Waals surface area contributed by atoms with Gasteiger partial charge in [0.1, 0.15) is 0 Å². The fraction of sp³-hybridized carbons (Fsp3) is 0.455. The van der Waals surface area contributed by atoms with Crippen LogP contribution in [-0.2, 0) is 35.9 Å². The SMILES string of the molecule is Cc1ccc2c(c1)N(Cc1ccccc1)C(=O)C21N=C(SN(NC(=O)OC(C)C)C(=O)OC(C)C)N(C(=O)OC(C)C)N1C(=O)OC(C)C. The maximum atomic E-state index is 14.9. The van der Waals surface area contributed by atoms with E-state index < -0.39 is 65.5 Å². The highest BCUT2D eigenvalue weighted by atomic mass is 32.2. The molecule has 264 valence electrons. The van der Waals surface area contributed by atoms with Gasteiger partial charge in [0, 0.05) is 5.56 Å². The standard InChI is InChI=1S/C33H42N6O9S/c1-19(2)45-29(41)35-39(32(44)48-22(7)8)49-28-34-33(38(31(43)47-21(5)6)37(28)30(42)46-20(3)4)25-16-15-23(9)17-26(25)36(27(33)40)18-24-13-11-10-12-14-24/h10-17,19-22H,18H2,1-9H3,(H,35,41). The van der Waals surface area contributed by atoms with Gasteiger partial charge in [-0.15, -0.1) is 4.41 Å². The van der Waals surface area contributed by atoms with Gasteiger partial charge >= 0.3 is 24.4 Å². The topological polar surface area (TPSA) is 160 Å². The van der Waals surface area contributed by atoms with E-state index in [0.717, 1.165) is 21.1 Å². The van der Waals surface area contributed by atoms with Crippen LogP contribution in [0, 0.1) is 6.92 Å². The highest BCUT2D eigenvalue weighted by Crippen LogP contribution is 2.51. The molecule has 0 radical (unpaired) electrons. The van der Waals surface area contributed by atoms with Crippen molar-refractivity contribution in [3.8, 4) is 0 Å². The summed E-state index contributed by atoms with van der Waals surface area (Å²) in [7, 11) is 0. The molecule has 2 aromatic carbocycles. The summed E-state index contributed by atoms with van der Waals surface area (Å²) in [5, 5.41) is 1.13. The third kappa shape index (κ3) is 8.01. The van der Waals surface area contributed by atoms with Crippen molar-refractivity contribution in [2.45, 2.75) is 98.9 Å². The van der Waals surface area contributed by atoms with Crippen LogP contribution in [0.15, 0.2) is 53.5 Å². The first-order valence-corrected chi connectivity index (χ1v) is 16.6. The molecule has 49 heavy (non-hydrogen) atoms. The van der Waals surface area contributed by atoms with Gasteiger partial charge in [0.25, 0.3) is 11.6 Å². The molecule has 0 bridgehead atoms. The molecule has 15 nitrogen and oxygen atoms in total. The molecule has 1 N–H and O–H groups in total. The summed E-state index contributed by atoms with van der Waals surface area (Å²) < 4.78 is 22.3. The summed E-state index contributed by atoms with van der Waals surface area (Å²) in [4.78, 5) is 75.2. The van der Waals surface area contributed by atoms with Gasteiger partial charge in [0.2, 0.25) is 5.17 Å². The maximum absolute atomic E-state index is 14.9. The van der Waals surface area contributed by atoms with Crippen LogP contribution in [0.1, 0.15) is 72.1 Å². The number of benzene rings is 2. The molecule has 1 spiro atoms. The molecule has 0 aromatic heterocycles. The lowest BCUT2D eigenvalue weighted by Gasteiger charge is -2.35. The molecule has 2 aromatic rings. The smallest absolute Gasteiger partial charge is 0.440 e. The van der Waals surface area contributed by atoms with Gasteiger partial charge < -0.3 is 23.8 Å². The fourth-order valence-electron chi connectivity index (χ4n) is 4.97. The zero-order valence-electron chi connectivity index (χ0n) is 29.0. The highest BCUT2D eigenvalue weighted by Gasteiger charge is 2.65. The first kappa shape index (κ1) is 36.8. The Labute approximate surface area is 289 Å². The summed E-state index contributed by atoms with van der Waals surface area (Å²) in [6, 6.07) is 14.4. The van der Waals surface area contributed by atoms with Crippen molar-refractivity contribution in [3.05, 3.63) is 65.2 Å². The Morgan fingerprint density at radius 1 is 0.837 bits per heavy atom. The normalized spacial score (nSPS) is 16.8. The van der Waals surface area contributed by atoms with Crippen molar-refractivity contribution in [2.75, 3.05) is 4.90 Å². The number of amidine groups is 1. The molecule has 16 heteroatoms. The van der Waals surface area contributed by atoms with Crippen LogP contribution in [-0.4, -0.2) is 74.3 Å². The van der Waals surface area contributed by atoms with Crippen LogP contribution < -0.4 is 10.3 Å². The number of fused-ring (bicyclic) bond motifs is 2. The van der Waals surface area contributed by atoms with Gasteiger partial charge in [-0.25, -0.2) is 29.6 Å². The number of aryl methyl sites for hydroxylation is 1. The minimum absolute atomic E-state index is 0.106. The van der Waals surface area contributed by atoms with E-state index in [4.69, 9.17) is 23.9 Å². The van der Waals surface area contributed by atoms with Crippen LogP contribution in [0.5, 0.6) is 0 Å². The number of rotatable bonds is 6. The van der Waals surface area contributed by atoms with Crippen molar-refractivity contribution < 1.29 is 42.9 Å². The molecule has 1 atom stereocenters. The first-order valence-electron chi connectivity index (χ1n) is 15.8. The second-order valence-electron chi connectivity index (χ2n) is 12.3. The Morgan fingerprint density at radius 3 is 2.02 bits per heavy atom. The summed E-state index contributed by atoms with van der Waals surface area (Å²) >= 11 is 0.409. The van der Waals surface area contributed by atoms with Gasteiger partial charge in [0.05, 0.1) is 48.6 Å². The maximum Gasteiger partial charge on any atom is 0.440 e. The minimum atomic E-state index is -2.23. The number of hydrogen-bond donors (Lipinski definition) is 1. The fourth-order valence-corrected chi connectivity index (χ4v) is 5.78. The molecule has 2 heterocycles. The Kier molecular flexibility index (Phi) is 11.3. The van der Waals surface area contributed by atoms with Crippen molar-refractivity contribution in [1.82, 2.24) is 19.9 Å². The molecule has 0 saturated heterocycles. The molecule has 4 rings (SSSR count). The van der Waals surface area contributed by atoms with Crippen molar-refractivity contribution in [3.63, 3.8) is 0 Å². The summed E-state index contributed by atoms with van der Waals surface area (Å²) in [5.74, 6) is -0.681. The monoisotopic (exact) mass is 698 g/mol. The predicted molar refractivity (Wildman–Crippen MR) is 181 cm³/mol. The first-order chi connectivity index (χ1) is 23.0. The highest BCUT2D eigenvalue weighted by molar-refractivity contribution is 8.12. The zero-order chi connectivity index (χ0) is 36.2.